The van der Waals surface area contributed by atoms with Crippen LogP contribution < -0.4 is 0 Å². The zero-order chi connectivity index (χ0) is 20.9. The molecule has 0 aliphatic heterocycles. The van der Waals surface area contributed by atoms with Gasteiger partial charge in [0.25, 0.3) is 0 Å². The van der Waals surface area contributed by atoms with Crippen molar-refractivity contribution in [3.63, 3.8) is 0 Å². The van der Waals surface area contributed by atoms with Gasteiger partial charge in [0, 0.05) is 13.5 Å². The first-order valence-electron chi connectivity index (χ1n) is 8.11. The first-order valence-corrected chi connectivity index (χ1v) is 8.49. The second-order valence-electron chi connectivity index (χ2n) is 6.02. The number of carboxylic acids is 1. The lowest BCUT2D eigenvalue weighted by atomic mass is 10.0. The zero-order valence-corrected chi connectivity index (χ0v) is 15.5. The summed E-state index contributed by atoms with van der Waals surface area (Å²) >= 11 is 5.66. The highest BCUT2D eigenvalue weighted by Crippen LogP contribution is 2.35. The summed E-state index contributed by atoms with van der Waals surface area (Å²) in [6.45, 7) is -0.0392. The van der Waals surface area contributed by atoms with E-state index in [2.05, 4.69) is 0 Å². The highest BCUT2D eigenvalue weighted by Gasteiger charge is 2.34. The SMILES string of the molecule is CN(C(=O)OCc1ccccc1)C(Cc1ccc(C(F)(F)F)c(Cl)c1)C(=O)O. The molecule has 0 aromatic heterocycles. The Morgan fingerprint density at radius 1 is 1.14 bits per heavy atom. The summed E-state index contributed by atoms with van der Waals surface area (Å²) < 4.78 is 43.4. The molecular formula is C19H17ClF3NO4. The van der Waals surface area contributed by atoms with Gasteiger partial charge in [-0.1, -0.05) is 48.0 Å². The summed E-state index contributed by atoms with van der Waals surface area (Å²) in [6.07, 6.45) is -5.71. The van der Waals surface area contributed by atoms with Gasteiger partial charge < -0.3 is 9.84 Å². The smallest absolute Gasteiger partial charge is 0.417 e. The van der Waals surface area contributed by atoms with Crippen molar-refractivity contribution in [3.8, 4) is 0 Å². The number of hydrogen-bond acceptors (Lipinski definition) is 3. The molecule has 0 fully saturated rings. The quantitative estimate of drug-likeness (QED) is 0.747. The highest BCUT2D eigenvalue weighted by atomic mass is 35.5. The van der Waals surface area contributed by atoms with Crippen molar-refractivity contribution in [1.29, 1.82) is 0 Å². The predicted octanol–water partition coefficient (Wildman–Crippen LogP) is 4.62. The van der Waals surface area contributed by atoms with Crippen LogP contribution in [0.4, 0.5) is 18.0 Å². The van der Waals surface area contributed by atoms with E-state index in [0.29, 0.717) is 0 Å². The molecular weight excluding hydrogens is 399 g/mol. The van der Waals surface area contributed by atoms with E-state index < -0.39 is 34.9 Å². The normalized spacial score (nSPS) is 12.3. The largest absolute Gasteiger partial charge is 0.480 e. The van der Waals surface area contributed by atoms with Gasteiger partial charge in [-0.05, 0) is 23.3 Å². The van der Waals surface area contributed by atoms with Crippen molar-refractivity contribution in [3.05, 3.63) is 70.2 Å². The fourth-order valence-electron chi connectivity index (χ4n) is 2.48. The Hall–Kier alpha value is -2.74. The number of halogens is 4. The maximum absolute atomic E-state index is 12.8. The van der Waals surface area contributed by atoms with E-state index in [1.54, 1.807) is 30.3 Å². The van der Waals surface area contributed by atoms with Gasteiger partial charge in [-0.3, -0.25) is 4.90 Å². The Kier molecular flexibility index (Phi) is 6.90. The molecule has 0 saturated carbocycles. The zero-order valence-electron chi connectivity index (χ0n) is 14.7. The molecule has 2 rings (SSSR count). The van der Waals surface area contributed by atoms with Crippen LogP contribution in [0.3, 0.4) is 0 Å². The van der Waals surface area contributed by atoms with E-state index in [9.17, 15) is 27.9 Å². The minimum absolute atomic E-state index is 0.0392. The van der Waals surface area contributed by atoms with Gasteiger partial charge in [0.15, 0.2) is 0 Å². The summed E-state index contributed by atoms with van der Waals surface area (Å²) in [7, 11) is 1.25. The van der Waals surface area contributed by atoms with Gasteiger partial charge in [-0.2, -0.15) is 13.2 Å². The number of nitrogens with zero attached hydrogens (tertiary/aromatic N) is 1. The molecule has 1 unspecified atom stereocenters. The lowest BCUT2D eigenvalue weighted by Gasteiger charge is -2.24. The molecule has 9 heteroatoms. The first kappa shape index (κ1) is 21.6. The van der Waals surface area contributed by atoms with Crippen LogP contribution in [0.1, 0.15) is 16.7 Å². The molecule has 0 heterocycles. The Balaban J connectivity index is 2.09. The van der Waals surface area contributed by atoms with Gasteiger partial charge in [0.1, 0.15) is 12.6 Å². The number of rotatable bonds is 6. The van der Waals surface area contributed by atoms with Crippen LogP contribution in [0, 0.1) is 0 Å². The summed E-state index contributed by atoms with van der Waals surface area (Å²) in [5.41, 5.74) is -0.0424. The minimum atomic E-state index is -4.61. The monoisotopic (exact) mass is 415 g/mol. The van der Waals surface area contributed by atoms with E-state index in [0.717, 1.165) is 28.7 Å². The molecule has 0 spiro atoms. The third kappa shape index (κ3) is 5.63. The minimum Gasteiger partial charge on any atom is -0.480 e. The third-order valence-electron chi connectivity index (χ3n) is 4.01. The van der Waals surface area contributed by atoms with Gasteiger partial charge >= 0.3 is 18.2 Å². The first-order chi connectivity index (χ1) is 13.1. The van der Waals surface area contributed by atoms with Crippen molar-refractivity contribution >= 4 is 23.7 Å². The molecule has 2 aromatic rings. The lowest BCUT2D eigenvalue weighted by molar-refractivity contribution is -0.142. The fourth-order valence-corrected chi connectivity index (χ4v) is 2.79. The van der Waals surface area contributed by atoms with E-state index in [-0.39, 0.29) is 18.6 Å². The molecule has 1 amide bonds. The van der Waals surface area contributed by atoms with Crippen LogP contribution in [-0.2, 0) is 28.7 Å². The number of amides is 1. The van der Waals surface area contributed by atoms with E-state index in [1.807, 2.05) is 0 Å². The van der Waals surface area contributed by atoms with Crippen molar-refractivity contribution in [2.24, 2.45) is 0 Å². The number of aliphatic carboxylic acids is 1. The number of carboxylic acid groups (broad SMARTS) is 1. The van der Waals surface area contributed by atoms with E-state index in [1.165, 1.54) is 7.05 Å². The fraction of sp³-hybridized carbons (Fsp3) is 0.263. The van der Waals surface area contributed by atoms with Gasteiger partial charge in [0.2, 0.25) is 0 Å². The van der Waals surface area contributed by atoms with E-state index >= 15 is 0 Å². The molecule has 1 atom stereocenters. The van der Waals surface area contributed by atoms with Crippen molar-refractivity contribution in [2.75, 3.05) is 7.05 Å². The average Bonchev–Trinajstić information content (AvgIpc) is 2.63. The molecule has 5 nitrogen and oxygen atoms in total. The average molecular weight is 416 g/mol. The van der Waals surface area contributed by atoms with Crippen LogP contribution in [-0.4, -0.2) is 35.2 Å². The predicted molar refractivity (Wildman–Crippen MR) is 96.0 cm³/mol. The summed E-state index contributed by atoms with van der Waals surface area (Å²) in [4.78, 5) is 24.6. The number of ether oxygens (including phenoxy) is 1. The Bertz CT molecular complexity index is 843. The van der Waals surface area contributed by atoms with Crippen LogP contribution in [0.5, 0.6) is 0 Å². The van der Waals surface area contributed by atoms with Gasteiger partial charge in [0.05, 0.1) is 10.6 Å². The number of benzene rings is 2. The van der Waals surface area contributed by atoms with Crippen molar-refractivity contribution in [1.82, 2.24) is 4.90 Å². The number of carbonyl (C=O) groups excluding carboxylic acids is 1. The maximum atomic E-state index is 12.8. The van der Waals surface area contributed by atoms with Crippen molar-refractivity contribution in [2.45, 2.75) is 25.2 Å². The van der Waals surface area contributed by atoms with Gasteiger partial charge in [-0.15, -0.1) is 0 Å². The van der Waals surface area contributed by atoms with Crippen LogP contribution >= 0.6 is 11.6 Å². The number of hydrogen-bond donors (Lipinski definition) is 1. The molecule has 1 N–H and O–H groups in total. The molecule has 0 aliphatic carbocycles. The van der Waals surface area contributed by atoms with Crippen LogP contribution in [0.25, 0.3) is 0 Å². The molecule has 0 bridgehead atoms. The number of alkyl halides is 3. The molecule has 150 valence electrons. The summed E-state index contributed by atoms with van der Waals surface area (Å²) in [5.74, 6) is -1.32. The molecule has 2 aromatic carbocycles. The molecule has 0 aliphatic rings. The van der Waals surface area contributed by atoms with E-state index in [4.69, 9.17) is 16.3 Å². The highest BCUT2D eigenvalue weighted by molar-refractivity contribution is 6.31. The maximum Gasteiger partial charge on any atom is 0.417 e. The summed E-state index contributed by atoms with van der Waals surface area (Å²) in [6, 6.07) is 10.4. The molecule has 28 heavy (non-hydrogen) atoms. The summed E-state index contributed by atoms with van der Waals surface area (Å²) in [5, 5.41) is 8.89. The second-order valence-corrected chi connectivity index (χ2v) is 6.43. The van der Waals surface area contributed by atoms with Crippen LogP contribution in [0.15, 0.2) is 48.5 Å². The lowest BCUT2D eigenvalue weighted by Crippen LogP contribution is -2.44. The number of likely N-dealkylation sites (N-methyl/N-ethyl adjacent to an activating group) is 1. The van der Waals surface area contributed by atoms with Crippen LogP contribution in [0.2, 0.25) is 5.02 Å². The second kappa shape index (κ2) is 8.97. The standard InChI is InChI=1S/C19H17ClF3NO4/c1-24(18(27)28-11-12-5-3-2-4-6-12)16(17(25)26)10-13-7-8-14(15(20)9-13)19(21,22)23/h2-9,16H,10-11H2,1H3,(H,25,26). The molecule has 0 saturated heterocycles. The Morgan fingerprint density at radius 2 is 1.79 bits per heavy atom. The topological polar surface area (TPSA) is 66.8 Å². The number of carbonyl (C=O) groups is 2. The Morgan fingerprint density at radius 3 is 2.32 bits per heavy atom. The van der Waals surface area contributed by atoms with Crippen molar-refractivity contribution < 1.29 is 32.6 Å². The third-order valence-corrected chi connectivity index (χ3v) is 4.33. The van der Waals surface area contributed by atoms with Gasteiger partial charge in [-0.25, -0.2) is 9.59 Å². The Labute approximate surface area is 164 Å². The molecule has 0 radical (unpaired) electrons.